The zero-order chi connectivity index (χ0) is 39.5. The first-order chi connectivity index (χ1) is 29.4. The molecular formula is C56H44N2SSi. The van der Waals surface area contributed by atoms with Crippen LogP contribution in [0.25, 0.3) is 87.1 Å². The van der Waals surface area contributed by atoms with Crippen molar-refractivity contribution in [2.75, 3.05) is 0 Å². The Hall–Kier alpha value is -5.68. The maximum atomic E-state index is 5.26. The Morgan fingerprint density at radius 1 is 0.517 bits per heavy atom. The van der Waals surface area contributed by atoms with Gasteiger partial charge in [-0.3, -0.25) is 0 Å². The van der Waals surface area contributed by atoms with E-state index in [1.54, 1.807) is 32.6 Å². The second-order valence-corrected chi connectivity index (χ2v) is 24.7. The molecule has 15 rings (SSSR count). The van der Waals surface area contributed by atoms with Crippen molar-refractivity contribution >= 4 is 60.9 Å². The summed E-state index contributed by atoms with van der Waals surface area (Å²) in [5.74, 6) is 3.95. The minimum Gasteiger partial charge on any atom is -0.228 e. The number of thiophene rings is 1. The molecule has 4 heteroatoms. The maximum Gasteiger partial charge on any atom is 0.160 e. The van der Waals surface area contributed by atoms with E-state index in [9.17, 15) is 0 Å². The van der Waals surface area contributed by atoms with Crippen molar-refractivity contribution in [1.82, 2.24) is 9.97 Å². The summed E-state index contributed by atoms with van der Waals surface area (Å²) in [6, 6.07) is 55.3. The maximum absolute atomic E-state index is 5.26. The van der Waals surface area contributed by atoms with Gasteiger partial charge in [-0.2, -0.15) is 0 Å². The molecule has 2 nitrogen and oxygen atoms in total. The number of hydrogen-bond acceptors (Lipinski definition) is 3. The average Bonchev–Trinajstić information content (AvgIpc) is 3.88. The number of benzene rings is 7. The van der Waals surface area contributed by atoms with Crippen LogP contribution < -0.4 is 10.4 Å². The summed E-state index contributed by atoms with van der Waals surface area (Å²) in [5.41, 5.74) is 16.5. The van der Waals surface area contributed by atoms with Crippen molar-refractivity contribution in [1.29, 1.82) is 0 Å². The molecule has 2 aromatic heterocycles. The summed E-state index contributed by atoms with van der Waals surface area (Å²) in [5, 5.41) is 6.97. The summed E-state index contributed by atoms with van der Waals surface area (Å²) < 4.78 is 2.72. The second-order valence-electron chi connectivity index (χ2n) is 19.3. The third-order valence-electron chi connectivity index (χ3n) is 16.1. The fraction of sp³-hybridized carbons (Fsp3) is 0.214. The Morgan fingerprint density at radius 2 is 1.20 bits per heavy atom. The number of rotatable bonds is 3. The van der Waals surface area contributed by atoms with E-state index in [1.807, 2.05) is 17.4 Å². The molecule has 5 aliphatic carbocycles. The van der Waals surface area contributed by atoms with E-state index in [2.05, 4.69) is 153 Å². The Labute approximate surface area is 356 Å². The summed E-state index contributed by atoms with van der Waals surface area (Å²) in [7, 11) is -1.84. The lowest BCUT2D eigenvalue weighted by Crippen LogP contribution is -2.55. The smallest absolute Gasteiger partial charge is 0.160 e. The molecule has 3 heterocycles. The SMILES string of the molecule is C[Si]1(C)c2ccccc2-c2cc3c(cc21)-c1cccc(-c2cccc4c2sc2ccc(-c5nc(-c6ccccc6)nc6ccccc56)cc24)c1C31C2CC3CC(C2)CC1C3. The van der Waals surface area contributed by atoms with Crippen molar-refractivity contribution < 1.29 is 0 Å². The predicted octanol–water partition coefficient (Wildman–Crippen LogP) is 13.5. The molecule has 9 aromatic rings. The summed E-state index contributed by atoms with van der Waals surface area (Å²) in [6.45, 7) is 5.16. The number of hydrogen-bond donors (Lipinski definition) is 0. The van der Waals surface area contributed by atoms with Gasteiger partial charge in [0.05, 0.1) is 11.2 Å². The van der Waals surface area contributed by atoms with Crippen molar-refractivity contribution in [3.63, 3.8) is 0 Å². The van der Waals surface area contributed by atoms with E-state index in [-0.39, 0.29) is 5.41 Å². The second kappa shape index (κ2) is 12.0. The molecule has 1 aliphatic heterocycles. The van der Waals surface area contributed by atoms with Crippen molar-refractivity contribution in [2.45, 2.75) is 50.6 Å². The van der Waals surface area contributed by atoms with Crippen molar-refractivity contribution in [2.24, 2.45) is 23.7 Å². The van der Waals surface area contributed by atoms with Gasteiger partial charge in [-0.1, -0.05) is 134 Å². The van der Waals surface area contributed by atoms with Gasteiger partial charge in [-0.15, -0.1) is 11.3 Å². The quantitative estimate of drug-likeness (QED) is 0.166. The zero-order valence-electron chi connectivity index (χ0n) is 34.0. The van der Waals surface area contributed by atoms with Crippen molar-refractivity contribution in [3.05, 3.63) is 157 Å². The average molecular weight is 805 g/mol. The van der Waals surface area contributed by atoms with Gasteiger partial charge in [0.25, 0.3) is 0 Å². The van der Waals surface area contributed by atoms with E-state index in [1.165, 1.54) is 74.5 Å². The lowest BCUT2D eigenvalue weighted by Gasteiger charge is -2.61. The molecule has 60 heavy (non-hydrogen) atoms. The Kier molecular flexibility index (Phi) is 6.81. The van der Waals surface area contributed by atoms with Crippen LogP contribution in [0.3, 0.4) is 0 Å². The van der Waals surface area contributed by atoms with Crippen LogP contribution in [0.1, 0.15) is 43.2 Å². The molecule has 7 aromatic carbocycles. The van der Waals surface area contributed by atoms with Gasteiger partial charge in [0.15, 0.2) is 5.82 Å². The number of para-hydroxylation sites is 1. The monoisotopic (exact) mass is 804 g/mol. The first-order valence-corrected chi connectivity index (χ1v) is 26.0. The molecule has 4 fully saturated rings. The van der Waals surface area contributed by atoms with Crippen LogP contribution >= 0.6 is 11.3 Å². The molecule has 1 spiro atoms. The highest BCUT2D eigenvalue weighted by Gasteiger charge is 2.62. The van der Waals surface area contributed by atoms with Crippen LogP contribution in [0.15, 0.2) is 146 Å². The van der Waals surface area contributed by atoms with E-state index in [0.29, 0.717) is 11.8 Å². The third-order valence-corrected chi connectivity index (χ3v) is 20.8. The van der Waals surface area contributed by atoms with Gasteiger partial charge in [0, 0.05) is 42.1 Å². The van der Waals surface area contributed by atoms with Crippen molar-refractivity contribution in [3.8, 4) is 56.0 Å². The fourth-order valence-corrected chi connectivity index (χ4v) is 18.1. The van der Waals surface area contributed by atoms with E-state index >= 15 is 0 Å². The summed E-state index contributed by atoms with van der Waals surface area (Å²) in [6.07, 6.45) is 6.99. The molecule has 4 bridgehead atoms. The summed E-state index contributed by atoms with van der Waals surface area (Å²) >= 11 is 1.97. The normalized spacial score (nSPS) is 23.7. The Morgan fingerprint density at radius 3 is 2.03 bits per heavy atom. The topological polar surface area (TPSA) is 25.8 Å². The van der Waals surface area contributed by atoms with Gasteiger partial charge in [-0.25, -0.2) is 9.97 Å². The summed E-state index contributed by atoms with van der Waals surface area (Å²) in [4.78, 5) is 10.3. The standard InChI is InChI=1S/C56H44N2SSi/c1-60(2)50-21-9-7-14-38(50)46-30-47-44(31-51(46)60)40-17-10-16-39(52(40)56(47)36-25-32-24-33(27-36)28-37(56)26-32)41-18-11-19-42-45-29-35(22-23-49(45)59-54(41)42)53-43-15-6-8-20-48(43)57-55(58-53)34-12-4-3-5-13-34/h3-23,29-33,36-37H,24-28H2,1-2H3. The highest BCUT2D eigenvalue weighted by molar-refractivity contribution is 7.26. The minimum atomic E-state index is -1.84. The van der Waals surface area contributed by atoms with Gasteiger partial charge < -0.3 is 0 Å². The lowest BCUT2D eigenvalue weighted by molar-refractivity contribution is -0.0397. The van der Waals surface area contributed by atoms with Gasteiger partial charge in [0.1, 0.15) is 8.07 Å². The Balaban J connectivity index is 0.985. The van der Waals surface area contributed by atoms with E-state index in [4.69, 9.17) is 9.97 Å². The van der Waals surface area contributed by atoms with Gasteiger partial charge in [-0.05, 0) is 135 Å². The number of nitrogens with zero attached hydrogens (tertiary/aromatic N) is 2. The Bertz CT molecular complexity index is 3290. The lowest BCUT2D eigenvalue weighted by atomic mass is 9.42. The third kappa shape index (κ3) is 4.38. The molecular weight excluding hydrogens is 761 g/mol. The molecule has 0 unspecified atom stereocenters. The molecule has 0 N–H and O–H groups in total. The highest BCUT2D eigenvalue weighted by atomic mass is 32.1. The first kappa shape index (κ1) is 34.1. The number of fused-ring (bicyclic) bond motifs is 10. The molecule has 0 saturated heterocycles. The van der Waals surface area contributed by atoms with Crippen LogP contribution in [0.5, 0.6) is 0 Å². The van der Waals surface area contributed by atoms with E-state index < -0.39 is 8.07 Å². The van der Waals surface area contributed by atoms with Crippen LogP contribution in [0, 0.1) is 23.7 Å². The molecule has 0 radical (unpaired) electrons. The van der Waals surface area contributed by atoms with Crippen LogP contribution in [-0.4, -0.2) is 18.0 Å². The largest absolute Gasteiger partial charge is 0.228 e. The van der Waals surface area contributed by atoms with E-state index in [0.717, 1.165) is 45.4 Å². The fourth-order valence-electron chi connectivity index (χ4n) is 13.8. The highest BCUT2D eigenvalue weighted by Crippen LogP contribution is 2.71. The minimum absolute atomic E-state index is 0.0590. The first-order valence-electron chi connectivity index (χ1n) is 22.2. The molecule has 6 aliphatic rings. The van der Waals surface area contributed by atoms with Gasteiger partial charge in [0.2, 0.25) is 0 Å². The molecule has 288 valence electrons. The molecule has 4 saturated carbocycles. The number of aromatic nitrogens is 2. The molecule has 0 atom stereocenters. The van der Waals surface area contributed by atoms with Crippen LogP contribution in [0.4, 0.5) is 0 Å². The zero-order valence-corrected chi connectivity index (χ0v) is 35.8. The van der Waals surface area contributed by atoms with Gasteiger partial charge >= 0.3 is 0 Å². The predicted molar refractivity (Wildman–Crippen MR) is 254 cm³/mol. The van der Waals surface area contributed by atoms with Crippen LogP contribution in [0.2, 0.25) is 13.1 Å². The van der Waals surface area contributed by atoms with Crippen LogP contribution in [-0.2, 0) is 5.41 Å². The molecule has 0 amide bonds.